The average molecular weight is 637 g/mol. The fourth-order valence-electron chi connectivity index (χ4n) is 3.81. The van der Waals surface area contributed by atoms with Crippen LogP contribution in [0.3, 0.4) is 0 Å². The molecule has 3 heterocycles. The molecule has 0 spiro atoms. The molecule has 17 heteroatoms. The van der Waals surface area contributed by atoms with Crippen molar-refractivity contribution in [2.24, 2.45) is 5.41 Å². The number of alkyl halides is 1. The summed E-state index contributed by atoms with van der Waals surface area (Å²) >= 11 is 7.77. The standard InChI is InChI=1S/C24H38ClN6O8PS/c1-13(2)38-20(33)14(3)30-40(35,36-8-9-41-22(34)23(4,5)6)37-10-15-17(32)24(7,25)21(39-15)31-12-29-16-18(26)27-11-28-19(16)31/h11-15,17,21,32H,8-10H2,1-7H3,(H,30,35)(H2,26,27,28)/t14-,15+,17+,21+,24+,40+/m0/s1. The fraction of sp³-hybridized carbons (Fsp3) is 0.708. The third-order valence-corrected chi connectivity index (χ3v) is 9.38. The molecule has 1 saturated heterocycles. The lowest BCUT2D eigenvalue weighted by Gasteiger charge is -2.26. The van der Waals surface area contributed by atoms with Crippen LogP contribution in [0.25, 0.3) is 11.2 Å². The second-order valence-electron chi connectivity index (χ2n) is 11.1. The number of nitrogens with zero attached hydrogens (tertiary/aromatic N) is 4. The number of ether oxygens (including phenoxy) is 2. The number of imidazole rings is 1. The fourth-order valence-corrected chi connectivity index (χ4v) is 6.49. The minimum absolute atomic E-state index is 0.0624. The molecule has 6 atom stereocenters. The maximum Gasteiger partial charge on any atom is 0.406 e. The number of nitrogens with one attached hydrogen (secondary N) is 1. The molecule has 1 aliphatic rings. The smallest absolute Gasteiger partial charge is 0.406 e. The van der Waals surface area contributed by atoms with E-state index in [1.165, 1.54) is 24.1 Å². The molecule has 4 N–H and O–H groups in total. The summed E-state index contributed by atoms with van der Waals surface area (Å²) in [4.78, 5) is 35.6. The number of carbonyl (C=O) groups is 2. The number of nitrogens with two attached hydrogens (primary N) is 1. The molecule has 1 aliphatic heterocycles. The van der Waals surface area contributed by atoms with E-state index in [9.17, 15) is 19.3 Å². The molecular formula is C24H38ClN6O8PS. The van der Waals surface area contributed by atoms with Gasteiger partial charge in [-0.05, 0) is 27.7 Å². The number of hydrogen-bond donors (Lipinski definition) is 3. The summed E-state index contributed by atoms with van der Waals surface area (Å²) in [5.74, 6) is -0.303. The lowest BCUT2D eigenvalue weighted by molar-refractivity contribution is -0.149. The number of nitrogen functional groups attached to an aromatic ring is 1. The minimum Gasteiger partial charge on any atom is -0.462 e. The van der Waals surface area contributed by atoms with Crippen LogP contribution in [0.15, 0.2) is 12.7 Å². The highest BCUT2D eigenvalue weighted by molar-refractivity contribution is 8.13. The van der Waals surface area contributed by atoms with Crippen molar-refractivity contribution >= 4 is 59.2 Å². The molecule has 14 nitrogen and oxygen atoms in total. The molecule has 0 radical (unpaired) electrons. The van der Waals surface area contributed by atoms with E-state index in [1.807, 2.05) is 0 Å². The third kappa shape index (κ3) is 8.17. The van der Waals surface area contributed by atoms with Crippen molar-refractivity contribution in [3.63, 3.8) is 0 Å². The van der Waals surface area contributed by atoms with E-state index in [0.717, 1.165) is 11.8 Å². The Hall–Kier alpha value is -1.84. The average Bonchev–Trinajstić information content (AvgIpc) is 3.38. The number of carbonyl (C=O) groups excluding carboxylic acids is 2. The molecule has 1 fully saturated rings. The number of aliphatic hydroxyl groups is 1. The van der Waals surface area contributed by atoms with Crippen molar-refractivity contribution in [1.82, 2.24) is 24.6 Å². The largest absolute Gasteiger partial charge is 0.462 e. The van der Waals surface area contributed by atoms with Crippen molar-refractivity contribution in [2.45, 2.75) is 83.9 Å². The molecule has 0 bridgehead atoms. The second-order valence-corrected chi connectivity index (χ2v) is 14.7. The van der Waals surface area contributed by atoms with Crippen molar-refractivity contribution in [2.75, 3.05) is 24.7 Å². The van der Waals surface area contributed by atoms with Gasteiger partial charge in [-0.3, -0.25) is 23.2 Å². The molecule has 0 aromatic carbocycles. The third-order valence-electron chi connectivity index (χ3n) is 6.01. The van der Waals surface area contributed by atoms with Crippen LogP contribution >= 0.6 is 31.1 Å². The van der Waals surface area contributed by atoms with Gasteiger partial charge in [-0.2, -0.15) is 0 Å². The van der Waals surface area contributed by atoms with Gasteiger partial charge < -0.3 is 20.3 Å². The zero-order valence-electron chi connectivity index (χ0n) is 24.1. The van der Waals surface area contributed by atoms with Gasteiger partial charge in [0.2, 0.25) is 0 Å². The molecule has 2 aromatic rings. The SMILES string of the molecule is CC(C)OC(=O)[C@H](C)N[P@@](=O)(OCCSC(=O)C(C)(C)C)OC[C@H]1O[C@@H](n2cnc3c(N)ncnc32)[C@](C)(Cl)[C@@H]1O. The van der Waals surface area contributed by atoms with Crippen LogP contribution in [-0.4, -0.2) is 83.9 Å². The highest BCUT2D eigenvalue weighted by atomic mass is 35.5. The van der Waals surface area contributed by atoms with Gasteiger partial charge in [-0.15, -0.1) is 11.6 Å². The Morgan fingerprint density at radius 2 is 1.98 bits per heavy atom. The quantitative estimate of drug-likeness (QED) is 0.133. The van der Waals surface area contributed by atoms with Gasteiger partial charge in [-0.1, -0.05) is 32.5 Å². The second kappa shape index (κ2) is 13.2. The summed E-state index contributed by atoms with van der Waals surface area (Å²) < 4.78 is 37.7. The van der Waals surface area contributed by atoms with E-state index in [0.29, 0.717) is 11.2 Å². The minimum atomic E-state index is -4.19. The number of aliphatic hydroxyl groups excluding tert-OH is 1. The van der Waals surface area contributed by atoms with Crippen molar-refractivity contribution < 1.29 is 37.8 Å². The van der Waals surface area contributed by atoms with Gasteiger partial charge in [0.15, 0.2) is 22.8 Å². The summed E-state index contributed by atoms with van der Waals surface area (Å²) in [5, 5.41) is 13.5. The Kier molecular flexibility index (Phi) is 10.8. The van der Waals surface area contributed by atoms with Crippen molar-refractivity contribution in [1.29, 1.82) is 0 Å². The predicted molar refractivity (Wildman–Crippen MR) is 154 cm³/mol. The topological polar surface area (TPSA) is 190 Å². The lowest BCUT2D eigenvalue weighted by Crippen LogP contribution is -2.40. The monoisotopic (exact) mass is 636 g/mol. The first kappa shape index (κ1) is 33.7. The van der Waals surface area contributed by atoms with E-state index < -0.39 is 61.2 Å². The Labute approximate surface area is 248 Å². The number of hydrogen-bond acceptors (Lipinski definition) is 13. The van der Waals surface area contributed by atoms with Crippen LogP contribution < -0.4 is 10.8 Å². The summed E-state index contributed by atoms with van der Waals surface area (Å²) in [5.41, 5.74) is 6.01. The van der Waals surface area contributed by atoms with Crippen LogP contribution in [0.5, 0.6) is 0 Å². The van der Waals surface area contributed by atoms with Gasteiger partial charge in [0, 0.05) is 11.2 Å². The van der Waals surface area contributed by atoms with Gasteiger partial charge in [0.05, 0.1) is 25.6 Å². The molecule has 3 rings (SSSR count). The van der Waals surface area contributed by atoms with E-state index in [1.54, 1.807) is 41.5 Å². The van der Waals surface area contributed by atoms with Crippen LogP contribution in [0.4, 0.5) is 5.82 Å². The maximum atomic E-state index is 13.7. The van der Waals surface area contributed by atoms with Crippen LogP contribution in [0.1, 0.15) is 54.7 Å². The van der Waals surface area contributed by atoms with Crippen LogP contribution in [0, 0.1) is 5.41 Å². The molecule has 0 aliphatic carbocycles. The lowest BCUT2D eigenvalue weighted by atomic mass is 10.00. The summed E-state index contributed by atoms with van der Waals surface area (Å²) in [7, 11) is -4.19. The Balaban J connectivity index is 1.74. The molecule has 41 heavy (non-hydrogen) atoms. The Morgan fingerprint density at radius 1 is 1.29 bits per heavy atom. The van der Waals surface area contributed by atoms with Crippen LogP contribution in [-0.2, 0) is 32.7 Å². The van der Waals surface area contributed by atoms with E-state index in [2.05, 4.69) is 20.0 Å². The molecule has 0 unspecified atom stereocenters. The van der Waals surface area contributed by atoms with Crippen molar-refractivity contribution in [3.8, 4) is 0 Å². The number of halogens is 1. The highest BCUT2D eigenvalue weighted by Crippen LogP contribution is 2.48. The zero-order chi connectivity index (χ0) is 30.8. The van der Waals surface area contributed by atoms with Crippen LogP contribution in [0.2, 0.25) is 0 Å². The molecule has 0 amide bonds. The first-order chi connectivity index (χ1) is 19.0. The summed E-state index contributed by atoms with van der Waals surface area (Å²) in [6.07, 6.45) is -1.01. The molecular weight excluding hydrogens is 599 g/mol. The number of rotatable bonds is 12. The van der Waals surface area contributed by atoms with Gasteiger partial charge >= 0.3 is 13.7 Å². The molecule has 2 aromatic heterocycles. The van der Waals surface area contributed by atoms with Gasteiger partial charge in [-0.25, -0.2) is 24.6 Å². The van der Waals surface area contributed by atoms with Crippen molar-refractivity contribution in [3.05, 3.63) is 12.7 Å². The van der Waals surface area contributed by atoms with E-state index in [4.69, 9.17) is 35.9 Å². The first-order valence-corrected chi connectivity index (χ1v) is 15.9. The summed E-state index contributed by atoms with van der Waals surface area (Å²) in [6.45, 7) is 11.2. The summed E-state index contributed by atoms with van der Waals surface area (Å²) in [6, 6.07) is -1.06. The number of thioether (sulfide) groups is 1. The number of aromatic nitrogens is 4. The van der Waals surface area contributed by atoms with Gasteiger partial charge in [0.1, 0.15) is 35.0 Å². The Bertz CT molecular complexity index is 1290. The number of esters is 1. The maximum absolute atomic E-state index is 13.7. The van der Waals surface area contributed by atoms with E-state index in [-0.39, 0.29) is 23.3 Å². The highest BCUT2D eigenvalue weighted by Gasteiger charge is 2.54. The van der Waals surface area contributed by atoms with Gasteiger partial charge in [0.25, 0.3) is 0 Å². The molecule has 0 saturated carbocycles. The number of fused-ring (bicyclic) bond motifs is 1. The number of anilines is 1. The zero-order valence-corrected chi connectivity index (χ0v) is 26.5. The van der Waals surface area contributed by atoms with E-state index >= 15 is 0 Å². The normalized spacial score (nSPS) is 25.4. The molecule has 230 valence electrons. The Morgan fingerprint density at radius 3 is 2.61 bits per heavy atom. The first-order valence-electron chi connectivity index (χ1n) is 13.0. The predicted octanol–water partition coefficient (Wildman–Crippen LogP) is 3.04.